The van der Waals surface area contributed by atoms with Gasteiger partial charge in [-0.25, -0.2) is 14.8 Å². The van der Waals surface area contributed by atoms with Gasteiger partial charge >= 0.3 is 6.03 Å². The molecule has 2 N–H and O–H groups in total. The van der Waals surface area contributed by atoms with Crippen LogP contribution in [-0.2, 0) is 4.74 Å². The van der Waals surface area contributed by atoms with Crippen LogP contribution in [0.2, 0.25) is 0 Å². The van der Waals surface area contributed by atoms with Gasteiger partial charge in [0.05, 0.1) is 6.10 Å². The van der Waals surface area contributed by atoms with Crippen molar-refractivity contribution in [3.63, 3.8) is 0 Å². The van der Waals surface area contributed by atoms with Crippen LogP contribution in [0.25, 0.3) is 11.4 Å². The van der Waals surface area contributed by atoms with E-state index < -0.39 is 0 Å². The van der Waals surface area contributed by atoms with Crippen molar-refractivity contribution >= 4 is 11.7 Å². The molecule has 1 saturated heterocycles. The van der Waals surface area contributed by atoms with E-state index >= 15 is 0 Å². The van der Waals surface area contributed by atoms with E-state index in [2.05, 4.69) is 25.6 Å². The van der Waals surface area contributed by atoms with Gasteiger partial charge in [0, 0.05) is 48.2 Å². The van der Waals surface area contributed by atoms with Crippen LogP contribution >= 0.6 is 0 Å². The first-order valence-electron chi connectivity index (χ1n) is 9.66. The lowest BCUT2D eigenvalue weighted by atomic mass is 9.99. The highest BCUT2D eigenvalue weighted by Gasteiger charge is 2.25. The number of benzene rings is 1. The summed E-state index contributed by atoms with van der Waals surface area (Å²) in [6, 6.07) is 13.1. The number of ether oxygens (including phenoxy) is 1. The molecule has 2 atom stereocenters. The van der Waals surface area contributed by atoms with Crippen molar-refractivity contribution in [1.29, 1.82) is 0 Å². The Morgan fingerprint density at radius 2 is 2.00 bits per heavy atom. The molecular formula is C22H23N5O2. The second-order valence-electron chi connectivity index (χ2n) is 7.06. The Hall–Kier alpha value is -3.32. The molecule has 0 saturated carbocycles. The average molecular weight is 389 g/mol. The third kappa shape index (κ3) is 4.94. The number of nitrogens with one attached hydrogen (secondary N) is 2. The molecule has 1 aliphatic rings. The molecule has 0 bridgehead atoms. The fraction of sp³-hybridized carbons (Fsp3) is 0.273. The number of rotatable bonds is 4. The highest BCUT2D eigenvalue weighted by molar-refractivity contribution is 5.89. The summed E-state index contributed by atoms with van der Waals surface area (Å²) in [4.78, 5) is 25.3. The zero-order valence-electron chi connectivity index (χ0n) is 16.2. The number of carbonyl (C=O) groups excluding carboxylic acids is 1. The number of aryl methyl sites for hydroxylation is 1. The predicted molar refractivity (Wildman–Crippen MR) is 110 cm³/mol. The molecule has 29 heavy (non-hydrogen) atoms. The summed E-state index contributed by atoms with van der Waals surface area (Å²) in [5.74, 6) is 0.671. The molecule has 0 aliphatic carbocycles. The number of urea groups is 1. The molecule has 1 aliphatic heterocycles. The molecule has 0 spiro atoms. The Labute approximate surface area is 169 Å². The molecule has 1 aromatic carbocycles. The summed E-state index contributed by atoms with van der Waals surface area (Å²) in [5.41, 5.74) is 3.57. The van der Waals surface area contributed by atoms with E-state index in [0.717, 1.165) is 35.3 Å². The minimum Gasteiger partial charge on any atom is -0.373 e. The van der Waals surface area contributed by atoms with Crippen molar-refractivity contribution in [3.05, 3.63) is 72.3 Å². The van der Waals surface area contributed by atoms with Crippen LogP contribution in [0.1, 0.15) is 30.2 Å². The van der Waals surface area contributed by atoms with Crippen molar-refractivity contribution in [1.82, 2.24) is 20.3 Å². The maximum absolute atomic E-state index is 12.4. The Morgan fingerprint density at radius 1 is 1.14 bits per heavy atom. The minimum absolute atomic E-state index is 0.0450. The smallest absolute Gasteiger partial charge is 0.319 e. The third-order valence-corrected chi connectivity index (χ3v) is 4.87. The van der Waals surface area contributed by atoms with Crippen molar-refractivity contribution < 1.29 is 9.53 Å². The molecule has 4 rings (SSSR count). The van der Waals surface area contributed by atoms with Gasteiger partial charge in [0.1, 0.15) is 0 Å². The molecule has 2 aromatic heterocycles. The summed E-state index contributed by atoms with van der Waals surface area (Å²) in [7, 11) is 0. The fourth-order valence-electron chi connectivity index (χ4n) is 3.37. The molecule has 1 fully saturated rings. The van der Waals surface area contributed by atoms with Crippen molar-refractivity contribution in [2.24, 2.45) is 0 Å². The lowest BCUT2D eigenvalue weighted by molar-refractivity contribution is 0.00235. The van der Waals surface area contributed by atoms with Gasteiger partial charge in [-0.05, 0) is 61.7 Å². The first-order valence-corrected chi connectivity index (χ1v) is 9.66. The number of amides is 2. The molecule has 3 aromatic rings. The molecule has 2 unspecified atom stereocenters. The van der Waals surface area contributed by atoms with Crippen LogP contribution in [0.15, 0.2) is 61.1 Å². The van der Waals surface area contributed by atoms with Crippen LogP contribution < -0.4 is 10.6 Å². The summed E-state index contributed by atoms with van der Waals surface area (Å²) in [6.07, 6.45) is 6.76. The number of aromatic nitrogens is 3. The van der Waals surface area contributed by atoms with Gasteiger partial charge in [-0.15, -0.1) is 0 Å². The highest BCUT2D eigenvalue weighted by atomic mass is 16.5. The maximum atomic E-state index is 12.4. The summed E-state index contributed by atoms with van der Waals surface area (Å²) in [5, 5.41) is 5.94. The fourth-order valence-corrected chi connectivity index (χ4v) is 3.37. The minimum atomic E-state index is -0.221. The van der Waals surface area contributed by atoms with Gasteiger partial charge in [0.15, 0.2) is 5.82 Å². The zero-order valence-corrected chi connectivity index (χ0v) is 16.2. The summed E-state index contributed by atoms with van der Waals surface area (Å²) >= 11 is 0. The Balaban J connectivity index is 1.33. The standard InChI is InChI=1S/C22H23N5O2/c1-15-8-11-24-21(25-15)16-4-6-18(7-5-16)26-22(28)27-19-9-12-29-20(13-19)17-3-2-10-23-14-17/h2-8,10-11,14,19-20H,9,12-13H2,1H3,(H2,26,27,28). The van der Waals surface area contributed by atoms with Crippen LogP contribution in [0, 0.1) is 6.92 Å². The Bertz CT molecular complexity index is 962. The number of pyridine rings is 1. The zero-order chi connectivity index (χ0) is 20.1. The van der Waals surface area contributed by atoms with Gasteiger partial charge in [-0.2, -0.15) is 0 Å². The maximum Gasteiger partial charge on any atom is 0.319 e. The first-order chi connectivity index (χ1) is 14.2. The van der Waals surface area contributed by atoms with Crippen molar-refractivity contribution in [2.45, 2.75) is 31.9 Å². The second-order valence-corrected chi connectivity index (χ2v) is 7.06. The van der Waals surface area contributed by atoms with Crippen LogP contribution in [0.3, 0.4) is 0 Å². The van der Waals surface area contributed by atoms with E-state index in [9.17, 15) is 4.79 Å². The van der Waals surface area contributed by atoms with E-state index in [4.69, 9.17) is 4.74 Å². The number of carbonyl (C=O) groups is 1. The molecule has 2 amide bonds. The number of nitrogens with zero attached hydrogens (tertiary/aromatic N) is 3. The van der Waals surface area contributed by atoms with Gasteiger partial charge in [0.25, 0.3) is 0 Å². The number of hydrogen-bond donors (Lipinski definition) is 2. The Kier molecular flexibility index (Phi) is 5.76. The normalized spacial score (nSPS) is 18.8. The lowest BCUT2D eigenvalue weighted by Crippen LogP contribution is -2.42. The largest absolute Gasteiger partial charge is 0.373 e. The van der Waals surface area contributed by atoms with E-state index in [1.807, 2.05) is 55.6 Å². The topological polar surface area (TPSA) is 89.0 Å². The lowest BCUT2D eigenvalue weighted by Gasteiger charge is -2.30. The van der Waals surface area contributed by atoms with Gasteiger partial charge in [0.2, 0.25) is 0 Å². The van der Waals surface area contributed by atoms with Crippen LogP contribution in [-0.4, -0.2) is 33.6 Å². The first kappa shape index (κ1) is 19.0. The average Bonchev–Trinajstić information content (AvgIpc) is 2.75. The quantitative estimate of drug-likeness (QED) is 0.707. The molecular weight excluding hydrogens is 366 g/mol. The molecule has 0 radical (unpaired) electrons. The van der Waals surface area contributed by atoms with Crippen molar-refractivity contribution in [3.8, 4) is 11.4 Å². The van der Waals surface area contributed by atoms with Crippen LogP contribution in [0.4, 0.5) is 10.5 Å². The summed E-state index contributed by atoms with van der Waals surface area (Å²) in [6.45, 7) is 2.54. The SMILES string of the molecule is Cc1ccnc(-c2ccc(NC(=O)NC3CCOC(c4cccnc4)C3)cc2)n1. The predicted octanol–water partition coefficient (Wildman–Crippen LogP) is 3.89. The molecule has 148 valence electrons. The van der Waals surface area contributed by atoms with Crippen molar-refractivity contribution in [2.75, 3.05) is 11.9 Å². The van der Waals surface area contributed by atoms with E-state index in [1.165, 1.54) is 0 Å². The molecule has 7 heteroatoms. The monoisotopic (exact) mass is 389 g/mol. The molecule has 3 heterocycles. The van der Waals surface area contributed by atoms with Gasteiger partial charge in [-0.1, -0.05) is 6.07 Å². The van der Waals surface area contributed by atoms with Gasteiger partial charge < -0.3 is 15.4 Å². The number of hydrogen-bond acceptors (Lipinski definition) is 5. The van der Waals surface area contributed by atoms with E-state index in [1.54, 1.807) is 12.4 Å². The second kappa shape index (κ2) is 8.79. The van der Waals surface area contributed by atoms with Crippen LogP contribution in [0.5, 0.6) is 0 Å². The summed E-state index contributed by atoms with van der Waals surface area (Å²) < 4.78 is 5.83. The third-order valence-electron chi connectivity index (χ3n) is 4.87. The molecule has 7 nitrogen and oxygen atoms in total. The van der Waals surface area contributed by atoms with E-state index in [-0.39, 0.29) is 18.2 Å². The van der Waals surface area contributed by atoms with E-state index in [0.29, 0.717) is 12.4 Å². The van der Waals surface area contributed by atoms with Gasteiger partial charge in [-0.3, -0.25) is 4.98 Å². The number of anilines is 1. The highest BCUT2D eigenvalue weighted by Crippen LogP contribution is 2.27. The Morgan fingerprint density at radius 3 is 2.76 bits per heavy atom.